The lowest BCUT2D eigenvalue weighted by Gasteiger charge is -2.25. The number of H-pyrrole nitrogens is 1. The van der Waals surface area contributed by atoms with Gasteiger partial charge in [-0.25, -0.2) is 4.39 Å². The largest absolute Gasteiger partial charge is 0.354 e. The quantitative estimate of drug-likeness (QED) is 0.537. The van der Waals surface area contributed by atoms with Gasteiger partial charge in [-0.15, -0.1) is 0 Å². The maximum Gasteiger partial charge on any atom is 0.123 e. The Morgan fingerprint density at radius 1 is 1.33 bits per heavy atom. The lowest BCUT2D eigenvalue weighted by molar-refractivity contribution is 0.411. The molecule has 3 heteroatoms. The molecular formula is C24H31FN2. The van der Waals surface area contributed by atoms with Gasteiger partial charge in [-0.2, -0.15) is 0 Å². The van der Waals surface area contributed by atoms with Gasteiger partial charge in [0, 0.05) is 28.7 Å². The number of nitrogens with zero attached hydrogens (tertiary/aromatic N) is 1. The van der Waals surface area contributed by atoms with Crippen LogP contribution in [0.5, 0.6) is 0 Å². The zero-order chi connectivity index (χ0) is 19.6. The Morgan fingerprint density at radius 2 is 2.11 bits per heavy atom. The molecule has 0 amide bonds. The van der Waals surface area contributed by atoms with Crippen LogP contribution in [0, 0.1) is 17.7 Å². The summed E-state index contributed by atoms with van der Waals surface area (Å²) in [7, 11) is 0. The van der Waals surface area contributed by atoms with Crippen molar-refractivity contribution in [2.24, 2.45) is 16.8 Å². The average molecular weight is 367 g/mol. The number of halogens is 1. The number of aromatic nitrogens is 1. The molecule has 1 N–H and O–H groups in total. The highest BCUT2D eigenvalue weighted by molar-refractivity contribution is 6.14. The molecule has 1 aromatic carbocycles. The van der Waals surface area contributed by atoms with E-state index in [2.05, 4.69) is 44.8 Å². The predicted octanol–water partition coefficient (Wildman–Crippen LogP) is 6.92. The van der Waals surface area contributed by atoms with Gasteiger partial charge in [-0.3, -0.25) is 4.99 Å². The molecule has 2 nitrogen and oxygen atoms in total. The van der Waals surface area contributed by atoms with Crippen molar-refractivity contribution in [3.63, 3.8) is 0 Å². The second kappa shape index (κ2) is 8.24. The van der Waals surface area contributed by atoms with Crippen molar-refractivity contribution in [3.05, 3.63) is 53.0 Å². The van der Waals surface area contributed by atoms with E-state index >= 15 is 0 Å². The maximum atomic E-state index is 14.0. The number of aliphatic imine (C=N–C) groups is 1. The lowest BCUT2D eigenvalue weighted by atomic mass is 9.80. The average Bonchev–Trinajstić information content (AvgIpc) is 3.03. The molecule has 27 heavy (non-hydrogen) atoms. The molecule has 2 aromatic rings. The number of fused-ring (bicyclic) bond motifs is 1. The molecule has 1 heterocycles. The topological polar surface area (TPSA) is 28.1 Å². The van der Waals surface area contributed by atoms with Gasteiger partial charge in [-0.05, 0) is 62.3 Å². The second-order valence-corrected chi connectivity index (χ2v) is 7.84. The van der Waals surface area contributed by atoms with E-state index in [1.165, 1.54) is 23.6 Å². The fourth-order valence-corrected chi connectivity index (χ4v) is 3.98. The Morgan fingerprint density at radius 3 is 2.78 bits per heavy atom. The van der Waals surface area contributed by atoms with Crippen LogP contribution in [0.3, 0.4) is 0 Å². The van der Waals surface area contributed by atoms with Crippen molar-refractivity contribution in [1.82, 2.24) is 4.98 Å². The molecule has 2 unspecified atom stereocenters. The van der Waals surface area contributed by atoms with E-state index in [1.807, 2.05) is 13.0 Å². The summed E-state index contributed by atoms with van der Waals surface area (Å²) in [6.07, 6.45) is 7.88. The predicted molar refractivity (Wildman–Crippen MR) is 115 cm³/mol. The third-order valence-electron chi connectivity index (χ3n) is 5.85. The van der Waals surface area contributed by atoms with Crippen molar-refractivity contribution in [1.29, 1.82) is 0 Å². The molecule has 144 valence electrons. The first-order valence-electron chi connectivity index (χ1n) is 10.2. The van der Waals surface area contributed by atoms with E-state index in [-0.39, 0.29) is 5.82 Å². The van der Waals surface area contributed by atoms with Crippen molar-refractivity contribution < 1.29 is 4.39 Å². The first-order chi connectivity index (χ1) is 13.0. The normalized spacial score (nSPS) is 19.2. The van der Waals surface area contributed by atoms with Crippen LogP contribution in [-0.2, 0) is 0 Å². The fraction of sp³-hybridized carbons (Fsp3) is 0.458. The molecule has 0 saturated carbocycles. The Balaban J connectivity index is 2.13. The monoisotopic (exact) mass is 366 g/mol. The van der Waals surface area contributed by atoms with Crippen LogP contribution in [0.25, 0.3) is 16.5 Å². The highest BCUT2D eigenvalue weighted by Gasteiger charge is 2.23. The van der Waals surface area contributed by atoms with Gasteiger partial charge in [0.05, 0.1) is 5.69 Å². The number of hydrogen-bond donors (Lipinski definition) is 1. The van der Waals surface area contributed by atoms with E-state index in [9.17, 15) is 4.39 Å². The molecule has 0 saturated heterocycles. The Kier molecular flexibility index (Phi) is 5.98. The molecule has 0 fully saturated rings. The first-order valence-corrected chi connectivity index (χ1v) is 10.2. The van der Waals surface area contributed by atoms with E-state index in [1.54, 1.807) is 6.07 Å². The third kappa shape index (κ3) is 3.92. The number of nitrogens with one attached hydrogen (secondary N) is 1. The van der Waals surface area contributed by atoms with Gasteiger partial charge in [0.25, 0.3) is 0 Å². The van der Waals surface area contributed by atoms with Crippen LogP contribution in [0.4, 0.5) is 4.39 Å². The SMILES string of the molecule is CCCN=C(C)c1c(C2=C(C)CC(C(C)CC)C=C2)[nH]c2ccc(F)cc12. The summed E-state index contributed by atoms with van der Waals surface area (Å²) in [6, 6.07) is 4.97. The molecule has 0 bridgehead atoms. The number of allylic oxidation sites excluding steroid dienone is 4. The van der Waals surface area contributed by atoms with Gasteiger partial charge in [0.1, 0.15) is 5.82 Å². The summed E-state index contributed by atoms with van der Waals surface area (Å²) in [5.41, 5.74) is 6.67. The summed E-state index contributed by atoms with van der Waals surface area (Å²) < 4.78 is 14.0. The number of rotatable bonds is 6. The van der Waals surface area contributed by atoms with Crippen molar-refractivity contribution >= 4 is 22.2 Å². The molecule has 3 rings (SSSR count). The molecule has 2 atom stereocenters. The third-order valence-corrected chi connectivity index (χ3v) is 5.85. The minimum atomic E-state index is -0.209. The standard InChI is InChI=1S/C24H31FN2/c1-6-12-26-17(5)23-21-14-19(25)9-11-22(21)27-24(23)20-10-8-18(13-16(20)4)15(3)7-2/h8-11,14-15,18,27H,6-7,12-13H2,1-5H3. The van der Waals surface area contributed by atoms with Crippen LogP contribution in [0.1, 0.15) is 65.1 Å². The van der Waals surface area contributed by atoms with Gasteiger partial charge >= 0.3 is 0 Å². The van der Waals surface area contributed by atoms with Gasteiger partial charge in [-0.1, -0.05) is 44.9 Å². The summed E-state index contributed by atoms with van der Waals surface area (Å²) >= 11 is 0. The van der Waals surface area contributed by atoms with Crippen molar-refractivity contribution in [3.8, 4) is 0 Å². The number of hydrogen-bond acceptors (Lipinski definition) is 1. The minimum absolute atomic E-state index is 0.209. The summed E-state index contributed by atoms with van der Waals surface area (Å²) in [6.45, 7) is 11.8. The van der Waals surface area contributed by atoms with Crippen LogP contribution >= 0.6 is 0 Å². The molecule has 1 aliphatic rings. The number of benzene rings is 1. The number of aromatic amines is 1. The molecular weight excluding hydrogens is 335 g/mol. The lowest BCUT2D eigenvalue weighted by Crippen LogP contribution is -2.13. The minimum Gasteiger partial charge on any atom is -0.354 e. The van der Waals surface area contributed by atoms with Crippen LogP contribution < -0.4 is 0 Å². The fourth-order valence-electron chi connectivity index (χ4n) is 3.98. The molecule has 1 aromatic heterocycles. The Labute approximate surface area is 162 Å². The Hall–Kier alpha value is -2.16. The van der Waals surface area contributed by atoms with Crippen molar-refractivity contribution in [2.45, 2.75) is 53.9 Å². The summed E-state index contributed by atoms with van der Waals surface area (Å²) in [4.78, 5) is 8.28. The molecule has 0 aliphatic heterocycles. The van der Waals surface area contributed by atoms with Gasteiger partial charge in [0.15, 0.2) is 0 Å². The Bertz CT molecular complexity index is 914. The van der Waals surface area contributed by atoms with E-state index in [0.29, 0.717) is 11.8 Å². The molecule has 0 spiro atoms. The summed E-state index contributed by atoms with van der Waals surface area (Å²) in [5, 5.41) is 0.917. The smallest absolute Gasteiger partial charge is 0.123 e. The first kappa shape index (κ1) is 19.6. The maximum absolute atomic E-state index is 14.0. The van der Waals surface area contributed by atoms with Crippen LogP contribution in [0.2, 0.25) is 0 Å². The highest BCUT2D eigenvalue weighted by atomic mass is 19.1. The van der Waals surface area contributed by atoms with Gasteiger partial charge < -0.3 is 4.98 Å². The van der Waals surface area contributed by atoms with E-state index < -0.39 is 0 Å². The second-order valence-electron chi connectivity index (χ2n) is 7.84. The highest BCUT2D eigenvalue weighted by Crippen LogP contribution is 2.37. The summed E-state index contributed by atoms with van der Waals surface area (Å²) in [5.74, 6) is 1.07. The van der Waals surface area contributed by atoms with Crippen LogP contribution in [0.15, 0.2) is 40.9 Å². The van der Waals surface area contributed by atoms with Crippen molar-refractivity contribution in [2.75, 3.05) is 6.54 Å². The molecule has 0 radical (unpaired) electrons. The van der Waals surface area contributed by atoms with E-state index in [4.69, 9.17) is 4.99 Å². The van der Waals surface area contributed by atoms with E-state index in [0.717, 1.165) is 47.3 Å². The van der Waals surface area contributed by atoms with Gasteiger partial charge in [0.2, 0.25) is 0 Å². The zero-order valence-electron chi connectivity index (χ0n) is 17.2. The van der Waals surface area contributed by atoms with Crippen LogP contribution in [-0.4, -0.2) is 17.2 Å². The molecule has 1 aliphatic carbocycles. The zero-order valence-corrected chi connectivity index (χ0v) is 17.2.